The van der Waals surface area contributed by atoms with Crippen LogP contribution < -0.4 is 0 Å². The molecule has 0 radical (unpaired) electrons. The minimum Gasteiger partial charge on any atom is -0.393 e. The Kier molecular flexibility index (Phi) is 3.76. The second kappa shape index (κ2) is 4.69. The molecule has 2 aliphatic rings. The summed E-state index contributed by atoms with van der Waals surface area (Å²) in [6, 6.07) is 0. The average Bonchev–Trinajstić information content (AvgIpc) is 2.51. The average molecular weight is 272 g/mol. The van der Waals surface area contributed by atoms with Crippen LogP contribution in [0.25, 0.3) is 0 Å². The summed E-state index contributed by atoms with van der Waals surface area (Å²) in [6.45, 7) is 5.06. The third-order valence-electron chi connectivity index (χ3n) is 5.78. The Hall–Kier alpha value is -0.160. The molecule has 0 aromatic carbocycles. The smallest absolute Gasteiger partial charge is 0.0877 e. The Morgan fingerprint density at radius 2 is 1.58 bits per heavy atom. The van der Waals surface area contributed by atoms with Crippen molar-refractivity contribution in [2.24, 2.45) is 17.8 Å². The van der Waals surface area contributed by atoms with Crippen LogP contribution in [0.1, 0.15) is 52.9 Å². The lowest BCUT2D eigenvalue weighted by Gasteiger charge is -2.37. The standard InChI is InChI=1S/C15H28O4/c1-13(17)6-4-10(15(3,19)9-16)8-12-11(13)5-7-14(12,2)18/h10-12,16-19H,4-9H2,1-3H3. The summed E-state index contributed by atoms with van der Waals surface area (Å²) in [5.74, 6) is -0.00133. The maximum absolute atomic E-state index is 10.7. The van der Waals surface area contributed by atoms with E-state index in [4.69, 9.17) is 0 Å². The Bertz CT molecular complexity index is 335. The molecular formula is C15H28O4. The van der Waals surface area contributed by atoms with Gasteiger partial charge in [0.05, 0.1) is 23.4 Å². The number of fused-ring (bicyclic) bond motifs is 1. The first-order valence-electron chi connectivity index (χ1n) is 7.38. The largest absolute Gasteiger partial charge is 0.393 e. The van der Waals surface area contributed by atoms with Crippen LogP contribution in [0.4, 0.5) is 0 Å². The molecule has 2 fully saturated rings. The van der Waals surface area contributed by atoms with Crippen molar-refractivity contribution in [3.05, 3.63) is 0 Å². The maximum Gasteiger partial charge on any atom is 0.0877 e. The predicted octanol–water partition coefficient (Wildman–Crippen LogP) is 1.06. The molecule has 4 heteroatoms. The van der Waals surface area contributed by atoms with Crippen molar-refractivity contribution >= 4 is 0 Å². The first-order chi connectivity index (χ1) is 8.60. The van der Waals surface area contributed by atoms with E-state index in [9.17, 15) is 20.4 Å². The summed E-state index contributed by atoms with van der Waals surface area (Å²) < 4.78 is 0. The molecule has 112 valence electrons. The summed E-state index contributed by atoms with van der Waals surface area (Å²) in [4.78, 5) is 0. The second-order valence-corrected chi connectivity index (χ2v) is 7.45. The van der Waals surface area contributed by atoms with E-state index < -0.39 is 16.8 Å². The summed E-state index contributed by atoms with van der Waals surface area (Å²) >= 11 is 0. The fraction of sp³-hybridized carbons (Fsp3) is 1.00. The highest BCUT2D eigenvalue weighted by molar-refractivity contribution is 5.05. The van der Waals surface area contributed by atoms with E-state index in [1.54, 1.807) is 6.92 Å². The monoisotopic (exact) mass is 272 g/mol. The number of aliphatic hydroxyl groups is 4. The molecule has 4 N–H and O–H groups in total. The van der Waals surface area contributed by atoms with Gasteiger partial charge in [0.1, 0.15) is 0 Å². The molecule has 0 spiro atoms. The number of aliphatic hydroxyl groups excluding tert-OH is 1. The summed E-state index contributed by atoms with van der Waals surface area (Å²) in [7, 11) is 0. The molecule has 0 aliphatic heterocycles. The molecule has 2 rings (SSSR count). The molecule has 2 aliphatic carbocycles. The van der Waals surface area contributed by atoms with Gasteiger partial charge in [0, 0.05) is 0 Å². The molecule has 0 amide bonds. The summed E-state index contributed by atoms with van der Waals surface area (Å²) in [5.41, 5.74) is -2.70. The minimum atomic E-state index is -1.14. The van der Waals surface area contributed by atoms with Crippen LogP contribution in [0.2, 0.25) is 0 Å². The minimum absolute atomic E-state index is 0.00646. The van der Waals surface area contributed by atoms with E-state index in [0.29, 0.717) is 25.7 Å². The van der Waals surface area contributed by atoms with Gasteiger partial charge in [-0.1, -0.05) is 0 Å². The van der Waals surface area contributed by atoms with Gasteiger partial charge in [-0.2, -0.15) is 0 Å². The van der Waals surface area contributed by atoms with Gasteiger partial charge in [-0.05, 0) is 70.6 Å². The van der Waals surface area contributed by atoms with Gasteiger partial charge in [-0.3, -0.25) is 0 Å². The Morgan fingerprint density at radius 1 is 1.05 bits per heavy atom. The molecule has 6 atom stereocenters. The maximum atomic E-state index is 10.7. The molecule has 0 heterocycles. The van der Waals surface area contributed by atoms with E-state index >= 15 is 0 Å². The van der Waals surface area contributed by atoms with Gasteiger partial charge >= 0.3 is 0 Å². The molecule has 4 nitrogen and oxygen atoms in total. The van der Waals surface area contributed by atoms with Crippen molar-refractivity contribution < 1.29 is 20.4 Å². The van der Waals surface area contributed by atoms with Gasteiger partial charge in [-0.15, -0.1) is 0 Å². The second-order valence-electron chi connectivity index (χ2n) is 7.45. The molecule has 0 aromatic rings. The molecule has 0 aromatic heterocycles. The van der Waals surface area contributed by atoms with Crippen LogP contribution in [0.5, 0.6) is 0 Å². The van der Waals surface area contributed by atoms with Crippen LogP contribution in [0, 0.1) is 17.8 Å². The van der Waals surface area contributed by atoms with E-state index in [1.807, 2.05) is 13.8 Å². The van der Waals surface area contributed by atoms with Gasteiger partial charge in [0.25, 0.3) is 0 Å². The van der Waals surface area contributed by atoms with Gasteiger partial charge < -0.3 is 20.4 Å². The zero-order chi connectivity index (χ0) is 14.5. The fourth-order valence-corrected chi connectivity index (χ4v) is 4.20. The van der Waals surface area contributed by atoms with Crippen molar-refractivity contribution in [3.63, 3.8) is 0 Å². The number of hydrogen-bond donors (Lipinski definition) is 4. The zero-order valence-electron chi connectivity index (χ0n) is 12.3. The SMILES string of the molecule is CC(O)(CO)C1CCC(C)(O)C2CCC(C)(O)C2C1. The number of rotatable bonds is 2. The van der Waals surface area contributed by atoms with E-state index in [2.05, 4.69) is 0 Å². The first-order valence-corrected chi connectivity index (χ1v) is 7.38. The lowest BCUT2D eigenvalue weighted by atomic mass is 9.74. The highest BCUT2D eigenvalue weighted by Gasteiger charge is 2.54. The van der Waals surface area contributed by atoms with Crippen molar-refractivity contribution in [2.75, 3.05) is 6.61 Å². The van der Waals surface area contributed by atoms with E-state index in [-0.39, 0.29) is 24.4 Å². The Labute approximate surface area is 115 Å². The molecule has 19 heavy (non-hydrogen) atoms. The van der Waals surface area contributed by atoms with Crippen LogP contribution in [0.15, 0.2) is 0 Å². The third kappa shape index (κ3) is 2.68. The van der Waals surface area contributed by atoms with Crippen LogP contribution in [-0.2, 0) is 0 Å². The van der Waals surface area contributed by atoms with Crippen molar-refractivity contribution in [2.45, 2.75) is 69.7 Å². The van der Waals surface area contributed by atoms with Crippen molar-refractivity contribution in [3.8, 4) is 0 Å². The van der Waals surface area contributed by atoms with E-state index in [1.165, 1.54) is 0 Å². The first kappa shape index (κ1) is 15.2. The predicted molar refractivity (Wildman–Crippen MR) is 72.5 cm³/mol. The van der Waals surface area contributed by atoms with Gasteiger partial charge in [0.15, 0.2) is 0 Å². The van der Waals surface area contributed by atoms with Crippen molar-refractivity contribution in [1.82, 2.24) is 0 Å². The topological polar surface area (TPSA) is 80.9 Å². The van der Waals surface area contributed by atoms with Crippen LogP contribution in [-0.4, -0.2) is 43.8 Å². The zero-order valence-corrected chi connectivity index (χ0v) is 12.3. The van der Waals surface area contributed by atoms with Gasteiger partial charge in [-0.25, -0.2) is 0 Å². The fourth-order valence-electron chi connectivity index (χ4n) is 4.20. The highest BCUT2D eigenvalue weighted by Crippen LogP contribution is 2.53. The number of hydrogen-bond acceptors (Lipinski definition) is 4. The quantitative estimate of drug-likeness (QED) is 0.606. The lowest BCUT2D eigenvalue weighted by molar-refractivity contribution is -0.0736. The van der Waals surface area contributed by atoms with Gasteiger partial charge in [0.2, 0.25) is 0 Å². The summed E-state index contributed by atoms with van der Waals surface area (Å²) in [6.07, 6.45) is 3.50. The summed E-state index contributed by atoms with van der Waals surface area (Å²) in [5, 5.41) is 40.9. The molecular weight excluding hydrogens is 244 g/mol. The Balaban J connectivity index is 2.28. The molecule has 6 unspecified atom stereocenters. The van der Waals surface area contributed by atoms with Crippen LogP contribution >= 0.6 is 0 Å². The third-order valence-corrected chi connectivity index (χ3v) is 5.78. The Morgan fingerprint density at radius 3 is 2.16 bits per heavy atom. The molecule has 0 bridgehead atoms. The molecule has 2 saturated carbocycles. The normalized spacial score (nSPS) is 50.4. The van der Waals surface area contributed by atoms with Crippen LogP contribution in [0.3, 0.4) is 0 Å². The van der Waals surface area contributed by atoms with E-state index in [0.717, 1.165) is 6.42 Å². The van der Waals surface area contributed by atoms with Crippen molar-refractivity contribution in [1.29, 1.82) is 0 Å². The highest BCUT2D eigenvalue weighted by atomic mass is 16.3. The molecule has 0 saturated heterocycles. The lowest BCUT2D eigenvalue weighted by Crippen LogP contribution is -2.43.